The zero-order valence-corrected chi connectivity index (χ0v) is 17.6. The highest BCUT2D eigenvalue weighted by molar-refractivity contribution is 6.41. The standard InChI is InChI=1S/C25H18ClNO5/c26-22-19(25(31)32-14-20(28)27-13-12-15-6-2-1-3-7-15)11-10-18-21(22)24(30)17-9-5-4-8-16(17)23(18)29/h1-11H,12-14H2,(H,27,28). The van der Waals surface area contributed by atoms with Crippen LogP contribution in [0, 0.1) is 0 Å². The number of esters is 1. The number of hydrogen-bond acceptors (Lipinski definition) is 5. The van der Waals surface area contributed by atoms with Crippen molar-refractivity contribution >= 4 is 35.0 Å². The molecule has 0 bridgehead atoms. The third-order valence-corrected chi connectivity index (χ3v) is 5.56. The minimum Gasteiger partial charge on any atom is -0.452 e. The molecule has 0 fully saturated rings. The van der Waals surface area contributed by atoms with Crippen LogP contribution < -0.4 is 5.32 Å². The molecule has 1 N–H and O–H groups in total. The maximum Gasteiger partial charge on any atom is 0.340 e. The molecule has 3 aromatic rings. The molecule has 0 atom stereocenters. The first-order valence-electron chi connectivity index (χ1n) is 9.96. The first kappa shape index (κ1) is 21.5. The second-order valence-electron chi connectivity index (χ2n) is 7.22. The summed E-state index contributed by atoms with van der Waals surface area (Å²) < 4.78 is 5.06. The molecule has 4 rings (SSSR count). The van der Waals surface area contributed by atoms with Crippen molar-refractivity contribution in [3.63, 3.8) is 0 Å². The summed E-state index contributed by atoms with van der Waals surface area (Å²) in [7, 11) is 0. The van der Waals surface area contributed by atoms with Crippen molar-refractivity contribution in [1.82, 2.24) is 5.32 Å². The molecule has 6 nitrogen and oxygen atoms in total. The first-order valence-corrected chi connectivity index (χ1v) is 10.3. The van der Waals surface area contributed by atoms with Crippen LogP contribution in [0.2, 0.25) is 5.02 Å². The second-order valence-corrected chi connectivity index (χ2v) is 7.59. The van der Waals surface area contributed by atoms with E-state index in [2.05, 4.69) is 5.32 Å². The van der Waals surface area contributed by atoms with Gasteiger partial charge in [-0.25, -0.2) is 4.79 Å². The smallest absolute Gasteiger partial charge is 0.340 e. The highest BCUT2D eigenvalue weighted by Crippen LogP contribution is 2.34. The Bertz CT molecular complexity index is 1240. The minimum absolute atomic E-state index is 0.0304. The minimum atomic E-state index is -0.852. The van der Waals surface area contributed by atoms with Gasteiger partial charge in [0, 0.05) is 23.2 Å². The molecule has 1 aliphatic rings. The Morgan fingerprint density at radius 2 is 1.47 bits per heavy atom. The van der Waals surface area contributed by atoms with Crippen LogP contribution in [0.5, 0.6) is 0 Å². The van der Waals surface area contributed by atoms with Gasteiger partial charge in [-0.2, -0.15) is 0 Å². The number of carbonyl (C=O) groups excluding carboxylic acids is 4. The van der Waals surface area contributed by atoms with Crippen LogP contribution in [0.25, 0.3) is 0 Å². The number of carbonyl (C=O) groups is 4. The number of halogens is 1. The van der Waals surface area contributed by atoms with Gasteiger partial charge in [-0.3, -0.25) is 14.4 Å². The van der Waals surface area contributed by atoms with Crippen LogP contribution >= 0.6 is 11.6 Å². The Morgan fingerprint density at radius 1 is 0.812 bits per heavy atom. The van der Waals surface area contributed by atoms with E-state index in [0.29, 0.717) is 18.5 Å². The molecule has 0 heterocycles. The SMILES string of the molecule is O=C(COC(=O)c1ccc2c(c1Cl)C(=O)c1ccccc1C2=O)NCCc1ccccc1. The molecule has 7 heteroatoms. The van der Waals surface area contributed by atoms with Gasteiger partial charge in [-0.05, 0) is 24.1 Å². The Balaban J connectivity index is 1.42. The summed E-state index contributed by atoms with van der Waals surface area (Å²) in [6.45, 7) is -0.0905. The number of fused-ring (bicyclic) bond motifs is 2. The van der Waals surface area contributed by atoms with Crippen LogP contribution in [0.4, 0.5) is 0 Å². The third kappa shape index (κ3) is 4.18. The van der Waals surface area contributed by atoms with Crippen LogP contribution in [-0.2, 0) is 16.0 Å². The van der Waals surface area contributed by atoms with E-state index in [1.54, 1.807) is 24.3 Å². The number of ether oxygens (including phenoxy) is 1. The van der Waals surface area contributed by atoms with Crippen molar-refractivity contribution < 1.29 is 23.9 Å². The maximum atomic E-state index is 12.9. The molecule has 1 amide bonds. The second kappa shape index (κ2) is 9.16. The molecular weight excluding hydrogens is 430 g/mol. The van der Waals surface area contributed by atoms with Crippen molar-refractivity contribution in [3.8, 4) is 0 Å². The Morgan fingerprint density at radius 3 is 2.19 bits per heavy atom. The molecule has 160 valence electrons. The number of benzene rings is 3. The average molecular weight is 448 g/mol. The van der Waals surface area contributed by atoms with E-state index in [0.717, 1.165) is 5.56 Å². The molecule has 3 aromatic carbocycles. The lowest BCUT2D eigenvalue weighted by Crippen LogP contribution is -2.30. The molecule has 0 saturated carbocycles. The van der Waals surface area contributed by atoms with Gasteiger partial charge < -0.3 is 10.1 Å². The molecule has 32 heavy (non-hydrogen) atoms. The summed E-state index contributed by atoms with van der Waals surface area (Å²) in [5.74, 6) is -2.08. The lowest BCUT2D eigenvalue weighted by Gasteiger charge is -2.19. The Kier molecular flexibility index (Phi) is 6.14. The zero-order valence-electron chi connectivity index (χ0n) is 16.9. The summed E-state index contributed by atoms with van der Waals surface area (Å²) in [6.07, 6.45) is 0.648. The summed E-state index contributed by atoms with van der Waals surface area (Å²) >= 11 is 6.34. The van der Waals surface area contributed by atoms with Gasteiger partial charge in [0.15, 0.2) is 18.2 Å². The van der Waals surface area contributed by atoms with E-state index in [1.807, 2.05) is 30.3 Å². The number of amides is 1. The fourth-order valence-electron chi connectivity index (χ4n) is 3.55. The lowest BCUT2D eigenvalue weighted by atomic mass is 9.83. The average Bonchev–Trinajstić information content (AvgIpc) is 2.81. The monoisotopic (exact) mass is 447 g/mol. The van der Waals surface area contributed by atoms with E-state index in [-0.39, 0.29) is 33.1 Å². The number of rotatable bonds is 6. The molecule has 0 spiro atoms. The molecule has 0 unspecified atom stereocenters. The largest absolute Gasteiger partial charge is 0.452 e. The summed E-state index contributed by atoms with van der Waals surface area (Å²) in [6, 6.07) is 18.8. The fourth-order valence-corrected chi connectivity index (χ4v) is 3.88. The molecule has 0 aromatic heterocycles. The van der Waals surface area contributed by atoms with Gasteiger partial charge in [0.05, 0.1) is 16.1 Å². The number of ketones is 2. The van der Waals surface area contributed by atoms with Crippen LogP contribution in [-0.4, -0.2) is 36.6 Å². The highest BCUT2D eigenvalue weighted by Gasteiger charge is 2.33. The van der Waals surface area contributed by atoms with Crippen molar-refractivity contribution in [2.75, 3.05) is 13.2 Å². The highest BCUT2D eigenvalue weighted by atomic mass is 35.5. The Hall–Kier alpha value is -3.77. The van der Waals surface area contributed by atoms with E-state index >= 15 is 0 Å². The molecule has 0 saturated heterocycles. The number of nitrogens with one attached hydrogen (secondary N) is 1. The topological polar surface area (TPSA) is 89.5 Å². The van der Waals surface area contributed by atoms with Crippen molar-refractivity contribution in [1.29, 1.82) is 0 Å². The molecule has 1 aliphatic carbocycles. The van der Waals surface area contributed by atoms with E-state index in [4.69, 9.17) is 16.3 Å². The predicted molar refractivity (Wildman–Crippen MR) is 118 cm³/mol. The maximum absolute atomic E-state index is 12.9. The van der Waals surface area contributed by atoms with Crippen LogP contribution in [0.3, 0.4) is 0 Å². The number of hydrogen-bond donors (Lipinski definition) is 1. The van der Waals surface area contributed by atoms with Gasteiger partial charge in [0.2, 0.25) is 0 Å². The van der Waals surface area contributed by atoms with Gasteiger partial charge in [-0.1, -0.05) is 66.2 Å². The van der Waals surface area contributed by atoms with Crippen LogP contribution in [0.1, 0.15) is 47.8 Å². The van der Waals surface area contributed by atoms with Gasteiger partial charge >= 0.3 is 5.97 Å². The quantitative estimate of drug-likeness (QED) is 0.456. The molecule has 0 radical (unpaired) electrons. The van der Waals surface area contributed by atoms with Gasteiger partial charge in [-0.15, -0.1) is 0 Å². The summed E-state index contributed by atoms with van der Waals surface area (Å²) in [4.78, 5) is 50.1. The van der Waals surface area contributed by atoms with E-state index in [9.17, 15) is 19.2 Å². The van der Waals surface area contributed by atoms with Crippen molar-refractivity contribution in [2.45, 2.75) is 6.42 Å². The Labute approximate surface area is 189 Å². The fraction of sp³-hybridized carbons (Fsp3) is 0.120. The molecular formula is C25H18ClNO5. The summed E-state index contributed by atoms with van der Waals surface area (Å²) in [5.41, 5.74) is 1.62. The van der Waals surface area contributed by atoms with Crippen LogP contribution in [0.15, 0.2) is 66.7 Å². The van der Waals surface area contributed by atoms with Crippen molar-refractivity contribution in [3.05, 3.63) is 105 Å². The van der Waals surface area contributed by atoms with E-state index < -0.39 is 24.3 Å². The lowest BCUT2D eigenvalue weighted by molar-refractivity contribution is -0.124. The zero-order chi connectivity index (χ0) is 22.7. The normalized spacial score (nSPS) is 12.0. The van der Waals surface area contributed by atoms with Gasteiger partial charge in [0.25, 0.3) is 5.91 Å². The summed E-state index contributed by atoms with van der Waals surface area (Å²) in [5, 5.41) is 2.52. The predicted octanol–water partition coefficient (Wildman–Crippen LogP) is 3.63. The van der Waals surface area contributed by atoms with E-state index in [1.165, 1.54) is 12.1 Å². The third-order valence-electron chi connectivity index (χ3n) is 5.16. The van der Waals surface area contributed by atoms with Gasteiger partial charge in [0.1, 0.15) is 0 Å². The molecule has 0 aliphatic heterocycles. The van der Waals surface area contributed by atoms with Crippen molar-refractivity contribution in [2.24, 2.45) is 0 Å². The first-order chi connectivity index (χ1) is 15.5.